The number of nitrogens with zero attached hydrogens (tertiary/aromatic N) is 1. The molecular weight excluding hydrogens is 266 g/mol. The minimum Gasteiger partial charge on any atom is -0.378 e. The highest BCUT2D eigenvalue weighted by Crippen LogP contribution is 2.19. The van der Waals surface area contributed by atoms with Crippen LogP contribution in [-0.2, 0) is 4.74 Å². The average Bonchev–Trinajstić information content (AvgIpc) is 2.63. The maximum absolute atomic E-state index is 5.35. The number of morpholine rings is 1. The summed E-state index contributed by atoms with van der Waals surface area (Å²) in [6.45, 7) is 3.40. The lowest BCUT2D eigenvalue weighted by Gasteiger charge is -2.23. The molecule has 1 aromatic rings. The zero-order valence-electron chi connectivity index (χ0n) is 7.62. The molecule has 0 spiro atoms. The van der Waals surface area contributed by atoms with Gasteiger partial charge in [-0.1, -0.05) is 0 Å². The van der Waals surface area contributed by atoms with Crippen LogP contribution in [0.15, 0.2) is 9.98 Å². The predicted octanol–water partition coefficient (Wildman–Crippen LogP) is 1.31. The van der Waals surface area contributed by atoms with Crippen LogP contribution < -0.4 is 10.6 Å². The Kier molecular flexibility index (Phi) is 3.74. The normalized spacial score (nSPS) is 22.2. The second kappa shape index (κ2) is 5.06. The molecule has 0 radical (unpaired) electrons. The second-order valence-electron chi connectivity index (χ2n) is 3.08. The molecule has 4 nitrogen and oxygen atoms in total. The average molecular weight is 278 g/mol. The van der Waals surface area contributed by atoms with Crippen LogP contribution in [0.25, 0.3) is 0 Å². The van der Waals surface area contributed by atoms with Crippen molar-refractivity contribution in [3.63, 3.8) is 0 Å². The molecule has 1 unspecified atom stereocenters. The summed E-state index contributed by atoms with van der Waals surface area (Å²) in [6.07, 6.45) is 0. The van der Waals surface area contributed by atoms with E-state index in [1.807, 2.05) is 5.38 Å². The van der Waals surface area contributed by atoms with Crippen LogP contribution in [0.2, 0.25) is 0 Å². The highest BCUT2D eigenvalue weighted by molar-refractivity contribution is 9.10. The van der Waals surface area contributed by atoms with Crippen molar-refractivity contribution in [3.05, 3.63) is 9.98 Å². The number of thiazole rings is 1. The van der Waals surface area contributed by atoms with E-state index in [-0.39, 0.29) is 0 Å². The molecule has 1 aromatic heterocycles. The lowest BCUT2D eigenvalue weighted by Crippen LogP contribution is -2.45. The molecule has 0 amide bonds. The van der Waals surface area contributed by atoms with E-state index in [1.54, 1.807) is 11.3 Å². The topological polar surface area (TPSA) is 46.2 Å². The molecule has 2 N–H and O–H groups in total. The van der Waals surface area contributed by atoms with Gasteiger partial charge in [-0.3, -0.25) is 0 Å². The van der Waals surface area contributed by atoms with E-state index in [4.69, 9.17) is 4.74 Å². The van der Waals surface area contributed by atoms with E-state index in [1.165, 1.54) is 0 Å². The van der Waals surface area contributed by atoms with Crippen LogP contribution in [0.1, 0.15) is 0 Å². The van der Waals surface area contributed by atoms with E-state index in [0.717, 1.165) is 36.0 Å². The summed E-state index contributed by atoms with van der Waals surface area (Å²) in [7, 11) is 0. The van der Waals surface area contributed by atoms with E-state index in [0.29, 0.717) is 6.04 Å². The zero-order chi connectivity index (χ0) is 9.80. The first-order chi connectivity index (χ1) is 6.84. The highest BCUT2D eigenvalue weighted by atomic mass is 79.9. The van der Waals surface area contributed by atoms with Gasteiger partial charge in [0.15, 0.2) is 5.13 Å². The SMILES string of the molecule is Brc1csc(NCC2COCCN2)n1. The van der Waals surface area contributed by atoms with Crippen molar-refractivity contribution in [2.45, 2.75) is 6.04 Å². The molecule has 0 saturated carbocycles. The summed E-state index contributed by atoms with van der Waals surface area (Å²) in [5, 5.41) is 9.56. The number of halogens is 1. The summed E-state index contributed by atoms with van der Waals surface area (Å²) in [5.74, 6) is 0. The van der Waals surface area contributed by atoms with Crippen LogP contribution in [-0.4, -0.2) is 37.3 Å². The fraction of sp³-hybridized carbons (Fsp3) is 0.625. The maximum Gasteiger partial charge on any atom is 0.183 e. The molecule has 6 heteroatoms. The first-order valence-electron chi connectivity index (χ1n) is 4.50. The van der Waals surface area contributed by atoms with Crippen molar-refractivity contribution in [1.29, 1.82) is 0 Å². The second-order valence-corrected chi connectivity index (χ2v) is 4.75. The number of aromatic nitrogens is 1. The Balaban J connectivity index is 1.76. The third kappa shape index (κ3) is 2.91. The Labute approximate surface area is 95.2 Å². The third-order valence-electron chi connectivity index (χ3n) is 1.97. The molecular formula is C8H12BrN3OS. The van der Waals surface area contributed by atoms with Gasteiger partial charge in [0.2, 0.25) is 0 Å². The monoisotopic (exact) mass is 277 g/mol. The van der Waals surface area contributed by atoms with Crippen LogP contribution in [0.5, 0.6) is 0 Å². The number of anilines is 1. The molecule has 1 fully saturated rings. The minimum absolute atomic E-state index is 0.395. The quantitative estimate of drug-likeness (QED) is 0.875. The predicted molar refractivity (Wildman–Crippen MR) is 60.9 cm³/mol. The number of rotatable bonds is 3. The van der Waals surface area contributed by atoms with Gasteiger partial charge in [0.05, 0.1) is 13.2 Å². The number of nitrogens with one attached hydrogen (secondary N) is 2. The standard InChI is InChI=1S/C8H12BrN3OS/c9-7-5-14-8(12-7)11-3-6-4-13-2-1-10-6/h5-6,10H,1-4H2,(H,11,12). The van der Waals surface area contributed by atoms with E-state index in [2.05, 4.69) is 31.5 Å². The molecule has 0 aromatic carbocycles. The molecule has 1 aliphatic heterocycles. The van der Waals surface area contributed by atoms with Gasteiger partial charge in [-0.05, 0) is 15.9 Å². The lowest BCUT2D eigenvalue weighted by molar-refractivity contribution is 0.0806. The van der Waals surface area contributed by atoms with Crippen LogP contribution in [0.3, 0.4) is 0 Å². The molecule has 78 valence electrons. The Hall–Kier alpha value is -0.170. The van der Waals surface area contributed by atoms with E-state index in [9.17, 15) is 0 Å². The Morgan fingerprint density at radius 1 is 1.79 bits per heavy atom. The number of hydrogen-bond acceptors (Lipinski definition) is 5. The maximum atomic E-state index is 5.35. The van der Waals surface area contributed by atoms with Gasteiger partial charge in [0.25, 0.3) is 0 Å². The molecule has 2 heterocycles. The van der Waals surface area contributed by atoms with Crippen molar-refractivity contribution in [2.24, 2.45) is 0 Å². The van der Waals surface area contributed by atoms with E-state index >= 15 is 0 Å². The van der Waals surface area contributed by atoms with Crippen LogP contribution >= 0.6 is 27.3 Å². The fourth-order valence-corrected chi connectivity index (χ4v) is 2.45. The Morgan fingerprint density at radius 3 is 3.36 bits per heavy atom. The molecule has 0 bridgehead atoms. The van der Waals surface area contributed by atoms with Crippen molar-refractivity contribution in [2.75, 3.05) is 31.6 Å². The summed E-state index contributed by atoms with van der Waals surface area (Å²) in [5.41, 5.74) is 0. The van der Waals surface area contributed by atoms with Gasteiger partial charge in [-0.25, -0.2) is 4.98 Å². The van der Waals surface area contributed by atoms with Crippen LogP contribution in [0, 0.1) is 0 Å². The fourth-order valence-electron chi connectivity index (χ4n) is 1.30. The highest BCUT2D eigenvalue weighted by Gasteiger charge is 2.12. The summed E-state index contributed by atoms with van der Waals surface area (Å²) < 4.78 is 6.23. The summed E-state index contributed by atoms with van der Waals surface area (Å²) in [4.78, 5) is 4.25. The van der Waals surface area contributed by atoms with Gasteiger partial charge in [0.1, 0.15) is 4.60 Å². The smallest absolute Gasteiger partial charge is 0.183 e. The van der Waals surface area contributed by atoms with Crippen molar-refractivity contribution < 1.29 is 4.74 Å². The summed E-state index contributed by atoms with van der Waals surface area (Å²) in [6, 6.07) is 0.395. The first kappa shape index (κ1) is 10.4. The molecule has 2 rings (SSSR count). The number of ether oxygens (including phenoxy) is 1. The number of hydrogen-bond donors (Lipinski definition) is 2. The molecule has 1 aliphatic rings. The largest absolute Gasteiger partial charge is 0.378 e. The minimum atomic E-state index is 0.395. The van der Waals surface area contributed by atoms with E-state index < -0.39 is 0 Å². The lowest BCUT2D eigenvalue weighted by atomic mass is 10.3. The first-order valence-corrected chi connectivity index (χ1v) is 6.18. The Morgan fingerprint density at radius 2 is 2.71 bits per heavy atom. The van der Waals surface area contributed by atoms with Gasteiger partial charge < -0.3 is 15.4 Å². The van der Waals surface area contributed by atoms with Crippen molar-refractivity contribution in [3.8, 4) is 0 Å². The van der Waals surface area contributed by atoms with Crippen LogP contribution in [0.4, 0.5) is 5.13 Å². The third-order valence-corrected chi connectivity index (χ3v) is 3.48. The van der Waals surface area contributed by atoms with Gasteiger partial charge >= 0.3 is 0 Å². The van der Waals surface area contributed by atoms with Crippen molar-refractivity contribution in [1.82, 2.24) is 10.3 Å². The van der Waals surface area contributed by atoms with Crippen molar-refractivity contribution >= 4 is 32.4 Å². The molecule has 0 aliphatic carbocycles. The molecule has 1 saturated heterocycles. The molecule has 1 atom stereocenters. The zero-order valence-corrected chi connectivity index (χ0v) is 10.0. The van der Waals surface area contributed by atoms with Gasteiger partial charge in [0, 0.05) is 24.5 Å². The Bertz CT molecular complexity index is 288. The molecule has 14 heavy (non-hydrogen) atoms. The van der Waals surface area contributed by atoms with Gasteiger partial charge in [-0.15, -0.1) is 11.3 Å². The summed E-state index contributed by atoms with van der Waals surface area (Å²) >= 11 is 4.92. The van der Waals surface area contributed by atoms with Gasteiger partial charge in [-0.2, -0.15) is 0 Å².